The van der Waals surface area contributed by atoms with Gasteiger partial charge in [-0.3, -0.25) is 4.79 Å². The first-order valence-electron chi connectivity index (χ1n) is 10.0. The van der Waals surface area contributed by atoms with Crippen LogP contribution in [0.15, 0.2) is 35.7 Å². The number of carbonyl (C=O) groups is 2. The zero-order valence-electron chi connectivity index (χ0n) is 16.4. The molecule has 28 heavy (non-hydrogen) atoms. The Morgan fingerprint density at radius 3 is 2.64 bits per heavy atom. The largest absolute Gasteiger partial charge is 0.459 e. The van der Waals surface area contributed by atoms with Crippen molar-refractivity contribution in [2.24, 2.45) is 5.92 Å². The summed E-state index contributed by atoms with van der Waals surface area (Å²) in [6, 6.07) is 9.63. The summed E-state index contributed by atoms with van der Waals surface area (Å²) in [7, 11) is 0. The number of rotatable bonds is 6. The molecule has 1 fully saturated rings. The molecule has 2 aromatic rings. The number of anilines is 1. The second-order valence-corrected chi connectivity index (χ2v) is 9.03. The average molecular weight is 400 g/mol. The Bertz CT molecular complexity index is 855. The van der Waals surface area contributed by atoms with Crippen molar-refractivity contribution in [3.8, 4) is 0 Å². The van der Waals surface area contributed by atoms with E-state index in [1.54, 1.807) is 24.3 Å². The number of benzene rings is 1. The van der Waals surface area contributed by atoms with E-state index in [0.29, 0.717) is 23.8 Å². The van der Waals surface area contributed by atoms with E-state index < -0.39 is 0 Å². The van der Waals surface area contributed by atoms with Gasteiger partial charge in [-0.1, -0.05) is 0 Å². The number of fused-ring (bicyclic) bond motifs is 1. The van der Waals surface area contributed by atoms with Crippen molar-refractivity contribution in [3.63, 3.8) is 0 Å². The van der Waals surface area contributed by atoms with Gasteiger partial charge >= 0.3 is 5.97 Å². The Labute approximate surface area is 169 Å². The third-order valence-electron chi connectivity index (χ3n) is 5.46. The molecule has 4 rings (SSSR count). The second kappa shape index (κ2) is 8.05. The third-order valence-corrected chi connectivity index (χ3v) is 6.45. The lowest BCUT2D eigenvalue weighted by Crippen LogP contribution is -3.14. The molecule has 2 atom stereocenters. The van der Waals surface area contributed by atoms with Gasteiger partial charge < -0.3 is 15.0 Å². The van der Waals surface area contributed by atoms with Crippen molar-refractivity contribution in [1.29, 1.82) is 0 Å². The molecule has 0 radical (unpaired) electrons. The normalized spacial score (nSPS) is 21.2. The van der Waals surface area contributed by atoms with Crippen LogP contribution in [-0.4, -0.2) is 31.1 Å². The number of hydrogen-bond acceptors (Lipinski definition) is 4. The summed E-state index contributed by atoms with van der Waals surface area (Å²) in [5.41, 5.74) is 2.67. The van der Waals surface area contributed by atoms with Gasteiger partial charge in [0, 0.05) is 28.5 Å². The van der Waals surface area contributed by atoms with E-state index in [9.17, 15) is 9.59 Å². The minimum atomic E-state index is -0.343. The highest BCUT2D eigenvalue weighted by atomic mass is 32.1. The highest BCUT2D eigenvalue weighted by Crippen LogP contribution is 2.42. The standard InChI is InChI=1S/C22H26N2O3S/c1-14(2)27-22(26)16-5-7-17(8-6-16)23-20(25)13-24-11-9-19-18(10-12-28-19)21(24)15-3-4-15/h5-8,10,12,14-15,21H,3-4,9,11,13H2,1-2H3,(H,23,25)/p+1/t21-/m0/s1. The average Bonchev–Trinajstić information content (AvgIpc) is 3.37. The summed E-state index contributed by atoms with van der Waals surface area (Å²) < 4.78 is 5.19. The van der Waals surface area contributed by atoms with Crippen molar-refractivity contribution in [3.05, 3.63) is 51.7 Å². The van der Waals surface area contributed by atoms with Gasteiger partial charge in [-0.15, -0.1) is 11.3 Å². The number of esters is 1. The minimum absolute atomic E-state index is 0.0248. The van der Waals surface area contributed by atoms with Crippen LogP contribution in [0.5, 0.6) is 0 Å². The zero-order valence-corrected chi connectivity index (χ0v) is 17.2. The predicted octanol–water partition coefficient (Wildman–Crippen LogP) is 2.84. The molecule has 1 amide bonds. The fourth-order valence-corrected chi connectivity index (χ4v) is 5.01. The van der Waals surface area contributed by atoms with E-state index in [1.807, 2.05) is 25.2 Å². The van der Waals surface area contributed by atoms with E-state index in [2.05, 4.69) is 16.8 Å². The lowest BCUT2D eigenvalue weighted by molar-refractivity contribution is -0.928. The highest BCUT2D eigenvalue weighted by Gasteiger charge is 2.43. The summed E-state index contributed by atoms with van der Waals surface area (Å²) in [4.78, 5) is 27.5. The lowest BCUT2D eigenvalue weighted by atomic mass is 9.96. The van der Waals surface area contributed by atoms with E-state index in [-0.39, 0.29) is 18.0 Å². The number of thiophene rings is 1. The van der Waals surface area contributed by atoms with Gasteiger partial charge in [0.05, 0.1) is 18.2 Å². The third kappa shape index (κ3) is 4.28. The zero-order chi connectivity index (χ0) is 19.7. The van der Waals surface area contributed by atoms with Crippen LogP contribution in [0.4, 0.5) is 5.69 Å². The molecule has 1 aromatic heterocycles. The Morgan fingerprint density at radius 2 is 1.96 bits per heavy atom. The van der Waals surface area contributed by atoms with E-state index >= 15 is 0 Å². The molecule has 1 aliphatic carbocycles. The van der Waals surface area contributed by atoms with Crippen LogP contribution in [0.3, 0.4) is 0 Å². The molecule has 0 saturated heterocycles. The second-order valence-electron chi connectivity index (χ2n) is 8.03. The SMILES string of the molecule is CC(C)OC(=O)c1ccc(NC(=O)C[NH+]2CCc3sccc3[C@@H]2C2CC2)cc1. The van der Waals surface area contributed by atoms with Gasteiger partial charge in [-0.25, -0.2) is 4.79 Å². The number of carbonyl (C=O) groups excluding carboxylic acids is 2. The van der Waals surface area contributed by atoms with Crippen LogP contribution in [0, 0.1) is 5.92 Å². The molecule has 0 bridgehead atoms. The fourth-order valence-electron chi connectivity index (χ4n) is 4.08. The predicted molar refractivity (Wildman–Crippen MR) is 110 cm³/mol. The lowest BCUT2D eigenvalue weighted by Gasteiger charge is -2.32. The van der Waals surface area contributed by atoms with Gasteiger partial charge in [0.15, 0.2) is 6.54 Å². The molecule has 5 nitrogen and oxygen atoms in total. The maximum absolute atomic E-state index is 12.7. The van der Waals surface area contributed by atoms with Crippen LogP contribution in [0.1, 0.15) is 53.5 Å². The number of ether oxygens (including phenoxy) is 1. The quantitative estimate of drug-likeness (QED) is 0.735. The van der Waals surface area contributed by atoms with Crippen molar-refractivity contribution >= 4 is 28.9 Å². The van der Waals surface area contributed by atoms with Crippen LogP contribution in [0.25, 0.3) is 0 Å². The number of nitrogens with one attached hydrogen (secondary N) is 2. The first kappa shape index (κ1) is 19.2. The monoisotopic (exact) mass is 399 g/mol. The van der Waals surface area contributed by atoms with Gasteiger partial charge in [0.1, 0.15) is 6.04 Å². The number of hydrogen-bond donors (Lipinski definition) is 2. The first-order valence-corrected chi connectivity index (χ1v) is 10.9. The Hall–Kier alpha value is -2.18. The Morgan fingerprint density at radius 1 is 1.21 bits per heavy atom. The summed E-state index contributed by atoms with van der Waals surface area (Å²) in [5.74, 6) is 0.406. The van der Waals surface area contributed by atoms with Crippen molar-refractivity contribution in [1.82, 2.24) is 0 Å². The van der Waals surface area contributed by atoms with Crippen LogP contribution < -0.4 is 10.2 Å². The molecule has 1 aromatic carbocycles. The maximum Gasteiger partial charge on any atom is 0.338 e. The molecule has 2 aliphatic rings. The van der Waals surface area contributed by atoms with Gasteiger partial charge in [0.25, 0.3) is 5.91 Å². The van der Waals surface area contributed by atoms with Crippen molar-refractivity contribution in [2.45, 2.75) is 45.3 Å². The topological polar surface area (TPSA) is 59.8 Å². The molecule has 1 aliphatic heterocycles. The minimum Gasteiger partial charge on any atom is -0.459 e. The molecule has 2 heterocycles. The van der Waals surface area contributed by atoms with E-state index in [0.717, 1.165) is 18.9 Å². The highest BCUT2D eigenvalue weighted by molar-refractivity contribution is 7.10. The van der Waals surface area contributed by atoms with E-state index in [4.69, 9.17) is 4.74 Å². The van der Waals surface area contributed by atoms with E-state index in [1.165, 1.54) is 28.2 Å². The maximum atomic E-state index is 12.7. The Balaban J connectivity index is 1.37. The summed E-state index contributed by atoms with van der Waals surface area (Å²) >= 11 is 1.85. The van der Waals surface area contributed by atoms with Crippen LogP contribution >= 0.6 is 11.3 Å². The number of quaternary nitrogens is 1. The molecular formula is C22H27N2O3S+. The van der Waals surface area contributed by atoms with Crippen LogP contribution in [-0.2, 0) is 16.0 Å². The molecule has 1 saturated carbocycles. The smallest absolute Gasteiger partial charge is 0.338 e. The molecule has 1 unspecified atom stereocenters. The molecule has 6 heteroatoms. The van der Waals surface area contributed by atoms with Gasteiger partial charge in [-0.2, -0.15) is 0 Å². The number of amides is 1. The first-order chi connectivity index (χ1) is 13.5. The van der Waals surface area contributed by atoms with Gasteiger partial charge in [0.2, 0.25) is 0 Å². The molecular weight excluding hydrogens is 372 g/mol. The molecule has 2 N–H and O–H groups in total. The van der Waals surface area contributed by atoms with Crippen molar-refractivity contribution in [2.75, 3.05) is 18.4 Å². The molecule has 0 spiro atoms. The molecule has 148 valence electrons. The fraction of sp³-hybridized carbons (Fsp3) is 0.455. The summed E-state index contributed by atoms with van der Waals surface area (Å²) in [6.45, 7) is 5.14. The van der Waals surface area contributed by atoms with Crippen LogP contribution in [0.2, 0.25) is 0 Å². The summed E-state index contributed by atoms with van der Waals surface area (Å²) in [6.07, 6.45) is 3.46. The Kier molecular flexibility index (Phi) is 5.51. The van der Waals surface area contributed by atoms with Crippen molar-refractivity contribution < 1.29 is 19.2 Å². The summed E-state index contributed by atoms with van der Waals surface area (Å²) in [5, 5.41) is 5.17. The van der Waals surface area contributed by atoms with Gasteiger partial charge in [-0.05, 0) is 62.4 Å².